The van der Waals surface area contributed by atoms with Crippen LogP contribution in [-0.4, -0.2) is 40.4 Å². The second-order valence-corrected chi connectivity index (χ2v) is 12.1. The number of hydrogen-bond donors (Lipinski definition) is 4. The zero-order chi connectivity index (χ0) is 28.1. The number of anilines is 2. The van der Waals surface area contributed by atoms with Gasteiger partial charge in [0.1, 0.15) is 15.7 Å². The SMILES string of the molecule is Nc1ccc(C(=O)C2=C(O)C(=O)N(c3ncc(S(=O)(=O)c4ccc(O)cc4)s3)C2c2ccc(O)c(Cl)c2)cc1. The van der Waals surface area contributed by atoms with Gasteiger partial charge in [0.05, 0.1) is 27.7 Å². The maximum atomic E-state index is 13.6. The number of carbonyl (C=O) groups is 2. The lowest BCUT2D eigenvalue weighted by Gasteiger charge is -2.24. The molecule has 0 aliphatic carbocycles. The molecule has 0 spiro atoms. The molecule has 1 aliphatic rings. The van der Waals surface area contributed by atoms with Gasteiger partial charge in [-0.2, -0.15) is 0 Å². The lowest BCUT2D eigenvalue weighted by Crippen LogP contribution is -2.31. The molecule has 5 rings (SSSR count). The summed E-state index contributed by atoms with van der Waals surface area (Å²) in [6.07, 6.45) is 1.06. The highest BCUT2D eigenvalue weighted by atomic mass is 35.5. The highest BCUT2D eigenvalue weighted by molar-refractivity contribution is 7.93. The fraction of sp³-hybridized carbons (Fsp3) is 0.0385. The second-order valence-electron chi connectivity index (χ2n) is 8.46. The van der Waals surface area contributed by atoms with Gasteiger partial charge < -0.3 is 21.1 Å². The summed E-state index contributed by atoms with van der Waals surface area (Å²) in [4.78, 5) is 31.9. The van der Waals surface area contributed by atoms with E-state index in [2.05, 4.69) is 4.98 Å². The molecule has 2 heterocycles. The van der Waals surface area contributed by atoms with Gasteiger partial charge in [0, 0.05) is 11.3 Å². The third-order valence-electron chi connectivity index (χ3n) is 6.00. The summed E-state index contributed by atoms with van der Waals surface area (Å²) in [5.74, 6) is -2.86. The predicted molar refractivity (Wildman–Crippen MR) is 144 cm³/mol. The van der Waals surface area contributed by atoms with E-state index in [4.69, 9.17) is 17.3 Å². The maximum absolute atomic E-state index is 13.6. The average molecular weight is 584 g/mol. The lowest BCUT2D eigenvalue weighted by atomic mass is 9.93. The molecule has 1 atom stereocenters. The molecule has 3 aromatic carbocycles. The molecule has 0 radical (unpaired) electrons. The number of sulfone groups is 1. The van der Waals surface area contributed by atoms with Crippen LogP contribution in [0.3, 0.4) is 0 Å². The van der Waals surface area contributed by atoms with Gasteiger partial charge in [0.2, 0.25) is 9.84 Å². The van der Waals surface area contributed by atoms with Crippen LogP contribution in [-0.2, 0) is 14.6 Å². The number of aromatic hydroxyl groups is 2. The molecule has 0 saturated heterocycles. The van der Waals surface area contributed by atoms with E-state index >= 15 is 0 Å². The van der Waals surface area contributed by atoms with Crippen LogP contribution in [0.1, 0.15) is 22.0 Å². The van der Waals surface area contributed by atoms with E-state index in [-0.39, 0.29) is 47.5 Å². The number of halogens is 1. The number of thiazole rings is 1. The summed E-state index contributed by atoms with van der Waals surface area (Å²) in [6, 6.07) is 13.5. The first-order valence-electron chi connectivity index (χ1n) is 11.1. The average Bonchev–Trinajstić information content (AvgIpc) is 3.50. The smallest absolute Gasteiger partial charge is 0.296 e. The Morgan fingerprint density at radius 1 is 1.00 bits per heavy atom. The molecule has 198 valence electrons. The minimum absolute atomic E-state index is 0.0692. The summed E-state index contributed by atoms with van der Waals surface area (Å²) in [5.41, 5.74) is 6.24. The summed E-state index contributed by atoms with van der Waals surface area (Å²) in [7, 11) is -4.07. The van der Waals surface area contributed by atoms with Crippen LogP contribution in [0, 0.1) is 0 Å². The van der Waals surface area contributed by atoms with E-state index in [1.54, 1.807) is 0 Å². The van der Waals surface area contributed by atoms with Crippen LogP contribution in [0.5, 0.6) is 11.5 Å². The molecule has 5 N–H and O–H groups in total. The molecule has 1 amide bonds. The summed E-state index contributed by atoms with van der Waals surface area (Å²) < 4.78 is 26.1. The first kappa shape index (κ1) is 26.2. The number of phenolic OH excluding ortho intramolecular Hbond substituents is 2. The Kier molecular flexibility index (Phi) is 6.54. The third kappa shape index (κ3) is 4.58. The molecule has 13 heteroatoms. The van der Waals surface area contributed by atoms with Crippen LogP contribution in [0.25, 0.3) is 0 Å². The Labute approximate surface area is 230 Å². The van der Waals surface area contributed by atoms with E-state index in [1.165, 1.54) is 66.7 Å². The number of nitrogens with zero attached hydrogens (tertiary/aromatic N) is 2. The quantitative estimate of drug-likeness (QED) is 0.189. The Morgan fingerprint density at radius 2 is 1.67 bits per heavy atom. The fourth-order valence-electron chi connectivity index (χ4n) is 4.06. The minimum Gasteiger partial charge on any atom is -0.508 e. The number of ketones is 1. The van der Waals surface area contributed by atoms with E-state index in [1.807, 2.05) is 0 Å². The number of carbonyl (C=O) groups excluding carboxylic acids is 2. The van der Waals surface area contributed by atoms with Gasteiger partial charge in [-0.25, -0.2) is 13.4 Å². The molecule has 10 nitrogen and oxygen atoms in total. The van der Waals surface area contributed by atoms with Gasteiger partial charge in [0.15, 0.2) is 16.7 Å². The molecule has 4 aromatic rings. The number of phenols is 2. The van der Waals surface area contributed by atoms with Crippen molar-refractivity contribution in [3.8, 4) is 11.5 Å². The number of aliphatic hydroxyl groups excluding tert-OH is 1. The topological polar surface area (TPSA) is 171 Å². The number of aliphatic hydroxyl groups is 1. The summed E-state index contributed by atoms with van der Waals surface area (Å²) in [5, 5.41) is 30.1. The Hall–Kier alpha value is -4.39. The number of aromatic nitrogens is 1. The zero-order valence-corrected chi connectivity index (χ0v) is 22.0. The van der Waals surface area contributed by atoms with Crippen molar-refractivity contribution in [2.45, 2.75) is 15.1 Å². The Bertz CT molecular complexity index is 1770. The van der Waals surface area contributed by atoms with Gasteiger partial charge in [-0.05, 0) is 66.2 Å². The highest BCUT2D eigenvalue weighted by Gasteiger charge is 2.46. The third-order valence-corrected chi connectivity index (χ3v) is 9.53. The number of nitrogen functional groups attached to an aromatic ring is 1. The molecule has 1 aromatic heterocycles. The van der Waals surface area contributed by atoms with Gasteiger partial charge >= 0.3 is 0 Å². The van der Waals surface area contributed by atoms with Gasteiger partial charge in [-0.1, -0.05) is 29.0 Å². The summed E-state index contributed by atoms with van der Waals surface area (Å²) >= 11 is 6.78. The van der Waals surface area contributed by atoms with Crippen LogP contribution >= 0.6 is 22.9 Å². The fourth-order valence-corrected chi connectivity index (χ4v) is 6.80. The van der Waals surface area contributed by atoms with Crippen molar-refractivity contribution in [2.75, 3.05) is 10.6 Å². The van der Waals surface area contributed by atoms with Gasteiger partial charge in [0.25, 0.3) is 5.91 Å². The number of rotatable bonds is 6. The van der Waals surface area contributed by atoms with Crippen molar-refractivity contribution in [1.29, 1.82) is 0 Å². The van der Waals surface area contributed by atoms with Crippen molar-refractivity contribution >= 4 is 55.3 Å². The number of Topliss-reactive ketones (excluding diaryl/α,β-unsaturated/α-hetero) is 1. The molecular weight excluding hydrogens is 566 g/mol. The zero-order valence-electron chi connectivity index (χ0n) is 19.6. The standard InChI is InChI=1S/C26H18ClN3O7S2/c27-18-11-14(3-10-19(18)32)22-21(23(33)13-1-4-15(28)5-2-13)24(34)25(35)30(22)26-29-12-20(38-26)39(36,37)17-8-6-16(31)7-9-17/h1-12,22,31-32,34H,28H2. The van der Waals surface area contributed by atoms with Crippen molar-refractivity contribution < 1.29 is 33.3 Å². The lowest BCUT2D eigenvalue weighted by molar-refractivity contribution is -0.117. The molecule has 1 unspecified atom stereocenters. The van der Waals surface area contributed by atoms with Gasteiger partial charge in [-0.15, -0.1) is 0 Å². The predicted octanol–water partition coefficient (Wildman–Crippen LogP) is 4.41. The minimum atomic E-state index is -4.07. The van der Waals surface area contributed by atoms with Crippen molar-refractivity contribution in [2.24, 2.45) is 0 Å². The number of benzene rings is 3. The van der Waals surface area contributed by atoms with E-state index < -0.39 is 33.3 Å². The van der Waals surface area contributed by atoms with Crippen molar-refractivity contribution in [3.05, 3.63) is 100 Å². The number of amides is 1. The highest BCUT2D eigenvalue weighted by Crippen LogP contribution is 2.45. The van der Waals surface area contributed by atoms with Crippen LogP contribution in [0.15, 0.2) is 93.4 Å². The molecule has 1 aliphatic heterocycles. The number of hydrogen-bond acceptors (Lipinski definition) is 10. The maximum Gasteiger partial charge on any atom is 0.296 e. The van der Waals surface area contributed by atoms with Gasteiger partial charge in [-0.3, -0.25) is 14.5 Å². The van der Waals surface area contributed by atoms with E-state index in [9.17, 15) is 33.3 Å². The van der Waals surface area contributed by atoms with E-state index in [0.29, 0.717) is 17.0 Å². The molecule has 0 bridgehead atoms. The largest absolute Gasteiger partial charge is 0.508 e. The normalized spacial score (nSPS) is 15.7. The second kappa shape index (κ2) is 9.73. The first-order chi connectivity index (χ1) is 18.5. The van der Waals surface area contributed by atoms with Crippen LogP contribution < -0.4 is 10.6 Å². The molecular formula is C26H18ClN3O7S2. The Morgan fingerprint density at radius 3 is 2.31 bits per heavy atom. The molecule has 0 fully saturated rings. The molecule has 39 heavy (non-hydrogen) atoms. The molecule has 0 saturated carbocycles. The van der Waals surface area contributed by atoms with Crippen LogP contribution in [0.2, 0.25) is 5.02 Å². The number of nitrogens with two attached hydrogens (primary N) is 1. The Balaban J connectivity index is 1.62. The van der Waals surface area contributed by atoms with Crippen molar-refractivity contribution in [1.82, 2.24) is 4.98 Å². The van der Waals surface area contributed by atoms with Crippen LogP contribution in [0.4, 0.5) is 10.8 Å². The van der Waals surface area contributed by atoms with E-state index in [0.717, 1.165) is 11.1 Å². The first-order valence-corrected chi connectivity index (χ1v) is 13.8. The monoisotopic (exact) mass is 583 g/mol. The van der Waals surface area contributed by atoms with Crippen molar-refractivity contribution in [3.63, 3.8) is 0 Å². The summed E-state index contributed by atoms with van der Waals surface area (Å²) in [6.45, 7) is 0.